The highest BCUT2D eigenvalue weighted by Crippen LogP contribution is 2.26. The molecule has 0 radical (unpaired) electrons. The summed E-state index contributed by atoms with van der Waals surface area (Å²) in [6.45, 7) is 5.97. The lowest BCUT2D eigenvalue weighted by molar-refractivity contribution is -0.0498. The highest BCUT2D eigenvalue weighted by Gasteiger charge is 2.26. The van der Waals surface area contributed by atoms with Crippen molar-refractivity contribution in [2.75, 3.05) is 0 Å². The van der Waals surface area contributed by atoms with Crippen LogP contribution in [0.4, 0.5) is 8.78 Å². The maximum Gasteiger partial charge on any atom is 0.387 e. The van der Waals surface area contributed by atoms with Gasteiger partial charge in [0.25, 0.3) is 0 Å². The number of hydrogen-bond acceptors (Lipinski definition) is 5. The molecule has 0 saturated heterocycles. The first-order valence-electron chi connectivity index (χ1n) is 11.4. The number of aryl methyl sites for hydroxylation is 3. The van der Waals surface area contributed by atoms with Gasteiger partial charge in [0.1, 0.15) is 5.75 Å². The van der Waals surface area contributed by atoms with Crippen molar-refractivity contribution in [3.8, 4) is 11.4 Å². The van der Waals surface area contributed by atoms with Crippen LogP contribution in [0, 0.1) is 27.7 Å². The average molecular weight is 493 g/mol. The number of carbonyl (C=O) groups is 2. The van der Waals surface area contributed by atoms with E-state index in [1.54, 1.807) is 45.0 Å². The van der Waals surface area contributed by atoms with Crippen molar-refractivity contribution in [3.63, 3.8) is 0 Å². The van der Waals surface area contributed by atoms with E-state index in [1.165, 1.54) is 12.1 Å². The molecule has 0 amide bonds. The standard InChI is InChI=1S/C28H26F2N2O4/c1-15-6-11-25-23(12-15)24(13-16(2)31-25)27(34)35-19(5)26(33)22-14-17(3)32(18(22)4)20-7-9-21(10-8-20)36-28(29)30/h6-14,19,28H,1-5H3/t19-/m0/s1. The minimum atomic E-state index is -2.91. The van der Waals surface area contributed by atoms with Gasteiger partial charge in [-0.05, 0) is 83.1 Å². The minimum absolute atomic E-state index is 0.0436. The molecule has 1 atom stereocenters. The normalized spacial score (nSPS) is 12.1. The van der Waals surface area contributed by atoms with Gasteiger partial charge in [-0.15, -0.1) is 0 Å². The van der Waals surface area contributed by atoms with E-state index >= 15 is 0 Å². The molecular weight excluding hydrogens is 466 g/mol. The van der Waals surface area contributed by atoms with Crippen LogP contribution in [-0.2, 0) is 4.74 Å². The summed E-state index contributed by atoms with van der Waals surface area (Å²) in [5, 5.41) is 0.669. The number of carbonyl (C=O) groups excluding carboxylic acids is 2. The summed E-state index contributed by atoms with van der Waals surface area (Å²) in [6, 6.07) is 15.2. The van der Waals surface area contributed by atoms with Gasteiger partial charge in [-0.25, -0.2) is 4.79 Å². The third kappa shape index (κ3) is 4.98. The van der Waals surface area contributed by atoms with Gasteiger partial charge in [0, 0.05) is 33.7 Å². The molecule has 36 heavy (non-hydrogen) atoms. The lowest BCUT2D eigenvalue weighted by Crippen LogP contribution is -2.25. The average Bonchev–Trinajstić information content (AvgIpc) is 3.12. The van der Waals surface area contributed by atoms with Crippen LogP contribution >= 0.6 is 0 Å². The fraction of sp³-hybridized carbons (Fsp3) is 0.250. The van der Waals surface area contributed by atoms with Crippen LogP contribution in [0.15, 0.2) is 54.6 Å². The molecule has 0 aliphatic carbocycles. The molecule has 0 fully saturated rings. The summed E-state index contributed by atoms with van der Waals surface area (Å²) in [5.41, 5.74) is 5.19. The largest absolute Gasteiger partial charge is 0.451 e. The predicted octanol–water partition coefficient (Wildman–Crippen LogP) is 6.29. The summed E-state index contributed by atoms with van der Waals surface area (Å²) >= 11 is 0. The second kappa shape index (κ2) is 9.89. The number of pyridine rings is 1. The lowest BCUT2D eigenvalue weighted by Gasteiger charge is -2.15. The number of benzene rings is 2. The summed E-state index contributed by atoms with van der Waals surface area (Å²) in [5.74, 6) is -0.894. The zero-order chi connectivity index (χ0) is 26.1. The number of ether oxygens (including phenoxy) is 2. The highest BCUT2D eigenvalue weighted by molar-refractivity contribution is 6.06. The van der Waals surface area contributed by atoms with E-state index in [0.717, 1.165) is 11.3 Å². The van der Waals surface area contributed by atoms with Crippen LogP contribution in [0.2, 0.25) is 0 Å². The minimum Gasteiger partial charge on any atom is -0.451 e. The van der Waals surface area contributed by atoms with Gasteiger partial charge in [-0.2, -0.15) is 8.78 Å². The zero-order valence-corrected chi connectivity index (χ0v) is 20.6. The molecule has 2 aromatic carbocycles. The Morgan fingerprint density at radius 1 is 0.917 bits per heavy atom. The van der Waals surface area contributed by atoms with E-state index in [4.69, 9.17) is 4.74 Å². The first kappa shape index (κ1) is 25.0. The van der Waals surface area contributed by atoms with Gasteiger partial charge in [-0.3, -0.25) is 9.78 Å². The zero-order valence-electron chi connectivity index (χ0n) is 20.6. The number of ketones is 1. The number of hydrogen-bond donors (Lipinski definition) is 0. The number of halogens is 2. The van der Waals surface area contributed by atoms with Crippen LogP contribution in [0.1, 0.15) is 50.3 Å². The number of alkyl halides is 2. The van der Waals surface area contributed by atoms with Crippen molar-refractivity contribution in [2.24, 2.45) is 0 Å². The molecule has 2 aromatic heterocycles. The predicted molar refractivity (Wildman–Crippen MR) is 132 cm³/mol. The van der Waals surface area contributed by atoms with Gasteiger partial charge in [0.05, 0.1) is 11.1 Å². The van der Waals surface area contributed by atoms with E-state index in [1.807, 2.05) is 36.6 Å². The summed E-state index contributed by atoms with van der Waals surface area (Å²) in [7, 11) is 0. The van der Waals surface area contributed by atoms with Crippen molar-refractivity contribution >= 4 is 22.7 Å². The monoisotopic (exact) mass is 492 g/mol. The van der Waals surface area contributed by atoms with Crippen LogP contribution in [0.3, 0.4) is 0 Å². The molecule has 0 saturated carbocycles. The molecule has 0 unspecified atom stereocenters. The van der Waals surface area contributed by atoms with Gasteiger partial charge in [0.15, 0.2) is 6.10 Å². The molecule has 0 aliphatic rings. The number of nitrogens with zero attached hydrogens (tertiary/aromatic N) is 2. The third-order valence-corrected chi connectivity index (χ3v) is 5.98. The second-order valence-corrected chi connectivity index (χ2v) is 8.74. The summed E-state index contributed by atoms with van der Waals surface area (Å²) in [6.07, 6.45) is -1.03. The molecule has 0 aliphatic heterocycles. The molecule has 0 N–H and O–H groups in total. The maximum absolute atomic E-state index is 13.3. The number of esters is 1. The molecule has 0 bridgehead atoms. The van der Waals surface area contributed by atoms with Crippen LogP contribution in [-0.4, -0.2) is 34.0 Å². The van der Waals surface area contributed by atoms with Gasteiger partial charge in [-0.1, -0.05) is 11.6 Å². The number of fused-ring (bicyclic) bond motifs is 1. The Morgan fingerprint density at radius 3 is 2.28 bits per heavy atom. The van der Waals surface area contributed by atoms with Crippen molar-refractivity contribution < 1.29 is 27.8 Å². The van der Waals surface area contributed by atoms with E-state index < -0.39 is 18.7 Å². The fourth-order valence-corrected chi connectivity index (χ4v) is 4.32. The van der Waals surface area contributed by atoms with E-state index in [-0.39, 0.29) is 11.5 Å². The topological polar surface area (TPSA) is 70.4 Å². The SMILES string of the molecule is Cc1ccc2nc(C)cc(C(=O)O[C@@H](C)C(=O)c3cc(C)n(-c4ccc(OC(F)F)cc4)c3C)c2c1. The Bertz CT molecular complexity index is 1460. The Hall–Kier alpha value is -4.07. The maximum atomic E-state index is 13.3. The van der Waals surface area contributed by atoms with Crippen LogP contribution in [0.25, 0.3) is 16.6 Å². The quantitative estimate of drug-likeness (QED) is 0.224. The third-order valence-electron chi connectivity index (χ3n) is 5.98. The first-order valence-corrected chi connectivity index (χ1v) is 11.4. The fourth-order valence-electron chi connectivity index (χ4n) is 4.32. The molecule has 6 nitrogen and oxygen atoms in total. The number of Topliss-reactive ketones (excluding diaryl/α,β-unsaturated/α-hetero) is 1. The smallest absolute Gasteiger partial charge is 0.387 e. The summed E-state index contributed by atoms with van der Waals surface area (Å²) < 4.78 is 36.7. The second-order valence-electron chi connectivity index (χ2n) is 8.74. The van der Waals surface area contributed by atoms with Gasteiger partial charge >= 0.3 is 12.6 Å². The van der Waals surface area contributed by atoms with Gasteiger partial charge < -0.3 is 14.0 Å². The van der Waals surface area contributed by atoms with E-state index in [9.17, 15) is 18.4 Å². The van der Waals surface area contributed by atoms with Crippen LogP contribution < -0.4 is 4.74 Å². The number of rotatable bonds is 7. The van der Waals surface area contributed by atoms with Crippen molar-refractivity contribution in [1.82, 2.24) is 9.55 Å². The van der Waals surface area contributed by atoms with E-state index in [0.29, 0.717) is 39.1 Å². The molecule has 4 rings (SSSR count). The Morgan fingerprint density at radius 2 is 1.61 bits per heavy atom. The Kier molecular flexibility index (Phi) is 6.88. The lowest BCUT2D eigenvalue weighted by atomic mass is 10.0. The summed E-state index contributed by atoms with van der Waals surface area (Å²) in [4.78, 5) is 30.8. The van der Waals surface area contributed by atoms with Gasteiger partial charge in [0.2, 0.25) is 5.78 Å². The van der Waals surface area contributed by atoms with E-state index in [2.05, 4.69) is 9.72 Å². The Labute approximate surface area is 207 Å². The van der Waals surface area contributed by atoms with Crippen molar-refractivity contribution in [1.29, 1.82) is 0 Å². The van der Waals surface area contributed by atoms with Crippen molar-refractivity contribution in [2.45, 2.75) is 47.3 Å². The van der Waals surface area contributed by atoms with Crippen LogP contribution in [0.5, 0.6) is 5.75 Å². The highest BCUT2D eigenvalue weighted by atomic mass is 19.3. The molecule has 186 valence electrons. The molecular formula is C28H26F2N2O4. The molecule has 8 heteroatoms. The van der Waals surface area contributed by atoms with Crippen molar-refractivity contribution in [3.05, 3.63) is 88.4 Å². The first-order chi connectivity index (χ1) is 17.0. The molecule has 2 heterocycles. The number of aromatic nitrogens is 2. The molecule has 4 aromatic rings. The molecule has 0 spiro atoms. The Balaban J connectivity index is 1.58.